The van der Waals surface area contributed by atoms with Crippen molar-refractivity contribution in [2.45, 2.75) is 25.8 Å². The number of anilines is 1. The molecule has 1 saturated heterocycles. The number of hydrogen-bond acceptors (Lipinski definition) is 8. The van der Waals surface area contributed by atoms with Crippen molar-refractivity contribution < 1.29 is 19.1 Å². The van der Waals surface area contributed by atoms with E-state index < -0.39 is 5.91 Å². The molecular weight excluding hydrogens is 462 g/mol. The SMILES string of the molecule is C=C(C(C)=O)N1CCC[C@H]1c1nc(-c2ccc(C(=O)Nc3cc(OC)ccn3)cc2)c(C(N)=O)n1N. The fourth-order valence-electron chi connectivity index (χ4n) is 4.26. The lowest BCUT2D eigenvalue weighted by molar-refractivity contribution is -0.115. The largest absolute Gasteiger partial charge is 0.497 e. The first kappa shape index (κ1) is 24.5. The summed E-state index contributed by atoms with van der Waals surface area (Å²) in [4.78, 5) is 47.5. The van der Waals surface area contributed by atoms with Gasteiger partial charge in [0.2, 0.25) is 0 Å². The molecule has 0 saturated carbocycles. The molecule has 4 rings (SSSR count). The third kappa shape index (κ3) is 4.63. The first-order valence-corrected chi connectivity index (χ1v) is 11.3. The Labute approximate surface area is 207 Å². The quantitative estimate of drug-likeness (QED) is 0.321. The number of primary amides is 1. The van der Waals surface area contributed by atoms with Gasteiger partial charge in [-0.1, -0.05) is 18.7 Å². The Balaban J connectivity index is 1.63. The van der Waals surface area contributed by atoms with Crippen LogP contribution in [0.3, 0.4) is 0 Å². The van der Waals surface area contributed by atoms with E-state index in [2.05, 4.69) is 21.9 Å². The number of nitrogens with one attached hydrogen (secondary N) is 1. The lowest BCUT2D eigenvalue weighted by Crippen LogP contribution is -2.30. The number of carbonyl (C=O) groups is 3. The number of methoxy groups -OCH3 is 1. The van der Waals surface area contributed by atoms with Crippen LogP contribution in [0.15, 0.2) is 54.9 Å². The molecule has 1 aliphatic heterocycles. The Morgan fingerprint density at radius 3 is 2.56 bits per heavy atom. The van der Waals surface area contributed by atoms with Gasteiger partial charge in [-0.2, -0.15) is 0 Å². The predicted molar refractivity (Wildman–Crippen MR) is 134 cm³/mol. The molecule has 0 spiro atoms. The van der Waals surface area contributed by atoms with E-state index in [-0.39, 0.29) is 23.4 Å². The van der Waals surface area contributed by atoms with Crippen molar-refractivity contribution in [2.24, 2.45) is 5.73 Å². The van der Waals surface area contributed by atoms with E-state index in [9.17, 15) is 14.4 Å². The standard InChI is InChI=1S/C25H27N7O4/c1-14(15(2)33)31-12-4-5-19(31)24-30-21(22(23(26)34)32(24)27)16-6-8-17(9-7-16)25(35)29-20-13-18(36-3)10-11-28-20/h6-11,13,19H,1,4-5,12,27H2,2-3H3,(H2,26,34)(H,28,29,35)/t19-/m0/s1. The number of nitrogens with zero attached hydrogens (tertiary/aromatic N) is 4. The van der Waals surface area contributed by atoms with E-state index in [4.69, 9.17) is 16.3 Å². The summed E-state index contributed by atoms with van der Waals surface area (Å²) < 4.78 is 6.33. The van der Waals surface area contributed by atoms with Gasteiger partial charge in [-0.3, -0.25) is 14.4 Å². The number of nitrogens with two attached hydrogens (primary N) is 2. The maximum absolute atomic E-state index is 12.7. The van der Waals surface area contributed by atoms with E-state index in [0.717, 1.165) is 6.42 Å². The summed E-state index contributed by atoms with van der Waals surface area (Å²) in [6.45, 7) is 5.97. The molecule has 1 fully saturated rings. The van der Waals surface area contributed by atoms with Gasteiger partial charge in [0, 0.05) is 36.9 Å². The molecule has 1 aromatic carbocycles. The smallest absolute Gasteiger partial charge is 0.269 e. The molecule has 3 heterocycles. The van der Waals surface area contributed by atoms with Gasteiger partial charge in [0.25, 0.3) is 11.8 Å². The van der Waals surface area contributed by atoms with Crippen LogP contribution >= 0.6 is 0 Å². The molecule has 11 heteroatoms. The Morgan fingerprint density at radius 2 is 1.92 bits per heavy atom. The van der Waals surface area contributed by atoms with Gasteiger partial charge in [0.05, 0.1) is 18.8 Å². The number of pyridine rings is 1. The van der Waals surface area contributed by atoms with E-state index in [1.54, 1.807) is 36.4 Å². The van der Waals surface area contributed by atoms with Crippen LogP contribution in [0.1, 0.15) is 52.5 Å². The Hall–Kier alpha value is -4.67. The lowest BCUT2D eigenvalue weighted by atomic mass is 10.1. The van der Waals surface area contributed by atoms with E-state index in [1.165, 1.54) is 24.9 Å². The summed E-state index contributed by atoms with van der Waals surface area (Å²) >= 11 is 0. The number of benzene rings is 1. The average Bonchev–Trinajstić information content (AvgIpc) is 3.48. The average molecular weight is 490 g/mol. The molecular formula is C25H27N7O4. The van der Waals surface area contributed by atoms with Crippen LogP contribution in [0.2, 0.25) is 0 Å². The van der Waals surface area contributed by atoms with Crippen molar-refractivity contribution in [3.8, 4) is 17.0 Å². The van der Waals surface area contributed by atoms with Crippen LogP contribution in [0.4, 0.5) is 5.82 Å². The number of aromatic nitrogens is 3. The first-order chi connectivity index (χ1) is 17.2. The summed E-state index contributed by atoms with van der Waals surface area (Å²) in [6.07, 6.45) is 3.04. The maximum Gasteiger partial charge on any atom is 0.269 e. The van der Waals surface area contributed by atoms with Gasteiger partial charge in [-0.25, -0.2) is 14.6 Å². The second-order valence-electron chi connectivity index (χ2n) is 8.37. The Morgan fingerprint density at radius 1 is 1.19 bits per heavy atom. The molecule has 3 aromatic rings. The zero-order valence-corrected chi connectivity index (χ0v) is 20.0. The number of ether oxygens (including phenoxy) is 1. The molecule has 0 bridgehead atoms. The van der Waals surface area contributed by atoms with E-state index in [1.807, 2.05) is 4.90 Å². The van der Waals surface area contributed by atoms with Crippen LogP contribution in [0, 0.1) is 0 Å². The number of rotatable bonds is 8. The zero-order valence-electron chi connectivity index (χ0n) is 20.0. The van der Waals surface area contributed by atoms with Gasteiger partial charge in [-0.05, 0) is 31.0 Å². The fourth-order valence-corrected chi connectivity index (χ4v) is 4.26. The highest BCUT2D eigenvalue weighted by molar-refractivity contribution is 6.04. The predicted octanol–water partition coefficient (Wildman–Crippen LogP) is 2.26. The van der Waals surface area contributed by atoms with Crippen molar-refractivity contribution in [3.63, 3.8) is 0 Å². The van der Waals surface area contributed by atoms with E-state index in [0.29, 0.717) is 52.9 Å². The minimum Gasteiger partial charge on any atom is -0.497 e. The van der Waals surface area contributed by atoms with Crippen LogP contribution in [-0.4, -0.2) is 50.8 Å². The molecule has 0 radical (unpaired) electrons. The topological polar surface area (TPSA) is 158 Å². The first-order valence-electron chi connectivity index (χ1n) is 11.3. The number of allylic oxidation sites excluding steroid dienone is 1. The number of hydrogen-bond donors (Lipinski definition) is 3. The van der Waals surface area contributed by atoms with Crippen molar-refractivity contribution in [3.05, 3.63) is 72.0 Å². The van der Waals surface area contributed by atoms with Crippen LogP contribution in [0.25, 0.3) is 11.3 Å². The monoisotopic (exact) mass is 489 g/mol. The molecule has 1 atom stereocenters. The second-order valence-corrected chi connectivity index (χ2v) is 8.37. The molecule has 0 aliphatic carbocycles. The van der Waals surface area contributed by atoms with Crippen molar-refractivity contribution in [1.82, 2.24) is 19.5 Å². The number of likely N-dealkylation sites (tertiary alicyclic amines) is 1. The summed E-state index contributed by atoms with van der Waals surface area (Å²) in [5, 5.41) is 2.71. The van der Waals surface area contributed by atoms with Crippen molar-refractivity contribution in [2.75, 3.05) is 24.8 Å². The van der Waals surface area contributed by atoms with Crippen LogP contribution in [-0.2, 0) is 4.79 Å². The minimum absolute atomic E-state index is 0.0306. The number of nitrogen functional groups attached to an aromatic ring is 1. The molecule has 186 valence electrons. The maximum atomic E-state index is 12.7. The van der Waals surface area contributed by atoms with E-state index >= 15 is 0 Å². The molecule has 2 amide bonds. The molecule has 2 aromatic heterocycles. The number of amides is 2. The number of Topliss-reactive ketones (excluding diaryl/α,β-unsaturated/α-hetero) is 1. The zero-order chi connectivity index (χ0) is 26.0. The molecule has 36 heavy (non-hydrogen) atoms. The third-order valence-electron chi connectivity index (χ3n) is 6.10. The molecule has 5 N–H and O–H groups in total. The summed E-state index contributed by atoms with van der Waals surface area (Å²) in [6, 6.07) is 9.48. The Bertz CT molecular complexity index is 1350. The number of carbonyl (C=O) groups excluding carboxylic acids is 3. The fraction of sp³-hybridized carbons (Fsp3) is 0.240. The van der Waals surface area contributed by atoms with Crippen molar-refractivity contribution >= 4 is 23.4 Å². The van der Waals surface area contributed by atoms with Gasteiger partial charge in [0.1, 0.15) is 17.3 Å². The number of ketones is 1. The lowest BCUT2D eigenvalue weighted by Gasteiger charge is -2.26. The third-order valence-corrected chi connectivity index (χ3v) is 6.10. The van der Waals surface area contributed by atoms with Crippen molar-refractivity contribution in [1.29, 1.82) is 0 Å². The minimum atomic E-state index is -0.743. The highest BCUT2D eigenvalue weighted by Gasteiger charge is 2.34. The van der Waals surface area contributed by atoms with Gasteiger partial charge in [0.15, 0.2) is 17.3 Å². The summed E-state index contributed by atoms with van der Waals surface area (Å²) in [5.41, 5.74) is 7.26. The highest BCUT2D eigenvalue weighted by Crippen LogP contribution is 2.36. The molecule has 0 unspecified atom stereocenters. The van der Waals surface area contributed by atoms with Crippen LogP contribution in [0.5, 0.6) is 5.75 Å². The summed E-state index contributed by atoms with van der Waals surface area (Å²) in [7, 11) is 1.53. The normalized spacial score (nSPS) is 14.9. The number of imidazole rings is 1. The van der Waals surface area contributed by atoms with Gasteiger partial charge in [-0.15, -0.1) is 0 Å². The molecule has 1 aliphatic rings. The molecule has 11 nitrogen and oxygen atoms in total. The Kier molecular flexibility index (Phi) is 6.73. The second kappa shape index (κ2) is 9.90. The van der Waals surface area contributed by atoms with Gasteiger partial charge >= 0.3 is 0 Å². The summed E-state index contributed by atoms with van der Waals surface area (Å²) in [5.74, 6) is 6.34. The van der Waals surface area contributed by atoms with Gasteiger partial charge < -0.3 is 26.5 Å². The highest BCUT2D eigenvalue weighted by atomic mass is 16.5. The van der Waals surface area contributed by atoms with Crippen LogP contribution < -0.4 is 21.6 Å².